The van der Waals surface area contributed by atoms with Gasteiger partial charge in [0.2, 0.25) is 0 Å². The fourth-order valence-electron chi connectivity index (χ4n) is 2.45. The number of aryl methyl sites for hydroxylation is 3. The molecule has 0 spiro atoms. The fourth-order valence-corrected chi connectivity index (χ4v) is 2.45. The Hall–Kier alpha value is -2.69. The maximum absolute atomic E-state index is 11.9. The van der Waals surface area contributed by atoms with E-state index >= 15 is 0 Å². The van der Waals surface area contributed by atoms with Crippen LogP contribution in [0.15, 0.2) is 41.8 Å². The van der Waals surface area contributed by atoms with Gasteiger partial charge in [-0.1, -0.05) is 23.8 Å². The molecule has 1 heterocycles. The number of amides is 1. The van der Waals surface area contributed by atoms with E-state index in [0.29, 0.717) is 5.71 Å². The monoisotopic (exact) mass is 310 g/mol. The van der Waals surface area contributed by atoms with E-state index in [0.717, 1.165) is 22.4 Å². The molecule has 0 atom stereocenters. The van der Waals surface area contributed by atoms with E-state index in [4.69, 9.17) is 0 Å². The van der Waals surface area contributed by atoms with Crippen LogP contribution >= 0.6 is 0 Å². The van der Waals surface area contributed by atoms with E-state index in [1.807, 2.05) is 32.9 Å². The number of anilines is 1. The quantitative estimate of drug-likeness (QED) is 0.659. The summed E-state index contributed by atoms with van der Waals surface area (Å²) < 4.78 is 0. The van der Waals surface area contributed by atoms with Gasteiger partial charge in [-0.25, -0.2) is 5.43 Å². The van der Waals surface area contributed by atoms with E-state index in [9.17, 15) is 4.79 Å². The van der Waals surface area contributed by atoms with Crippen molar-refractivity contribution in [1.29, 1.82) is 0 Å². The number of benzene rings is 1. The average Bonchev–Trinajstić information content (AvgIpc) is 2.52. The van der Waals surface area contributed by atoms with Crippen LogP contribution in [0.25, 0.3) is 0 Å². The molecule has 120 valence electrons. The van der Waals surface area contributed by atoms with Crippen molar-refractivity contribution in [2.75, 3.05) is 11.9 Å². The summed E-state index contributed by atoms with van der Waals surface area (Å²) in [4.78, 5) is 16.0. The second-order valence-corrected chi connectivity index (χ2v) is 5.60. The number of hydrogen-bond acceptors (Lipinski definition) is 4. The van der Waals surface area contributed by atoms with Crippen molar-refractivity contribution in [2.45, 2.75) is 27.7 Å². The van der Waals surface area contributed by atoms with Crippen LogP contribution in [0, 0.1) is 20.8 Å². The SMILES string of the molecule is C/C(=N/NC(=O)CNc1c(C)cc(C)cc1C)c1cccnc1. The lowest BCUT2D eigenvalue weighted by atomic mass is 10.1. The number of carbonyl (C=O) groups is 1. The van der Waals surface area contributed by atoms with Gasteiger partial charge < -0.3 is 5.32 Å². The molecular weight excluding hydrogens is 288 g/mol. The standard InChI is InChI=1S/C18H22N4O/c1-12-8-13(2)18(14(3)9-12)20-11-17(23)22-21-15(4)16-6-5-7-19-10-16/h5-10,20H,11H2,1-4H3,(H,22,23)/b21-15-. The Balaban J connectivity index is 1.94. The van der Waals surface area contributed by atoms with Crippen molar-refractivity contribution in [3.05, 3.63) is 58.9 Å². The molecule has 0 radical (unpaired) electrons. The molecule has 23 heavy (non-hydrogen) atoms. The minimum absolute atomic E-state index is 0.175. The minimum Gasteiger partial charge on any atom is -0.376 e. The molecule has 1 aromatic carbocycles. The van der Waals surface area contributed by atoms with Gasteiger partial charge in [0.15, 0.2) is 0 Å². The summed E-state index contributed by atoms with van der Waals surface area (Å²) in [6, 6.07) is 7.92. The molecule has 2 aromatic rings. The molecular formula is C18H22N4O. The number of hydrazone groups is 1. The maximum atomic E-state index is 11.9. The second-order valence-electron chi connectivity index (χ2n) is 5.60. The number of rotatable bonds is 5. The fraction of sp³-hybridized carbons (Fsp3) is 0.278. The van der Waals surface area contributed by atoms with Crippen molar-refractivity contribution in [3.63, 3.8) is 0 Å². The molecule has 0 unspecified atom stereocenters. The molecule has 0 saturated carbocycles. The lowest BCUT2D eigenvalue weighted by Crippen LogP contribution is -2.27. The van der Waals surface area contributed by atoms with Crippen molar-refractivity contribution in [3.8, 4) is 0 Å². The zero-order valence-electron chi connectivity index (χ0n) is 14.0. The highest BCUT2D eigenvalue weighted by atomic mass is 16.2. The number of carbonyl (C=O) groups excluding carboxylic acids is 1. The van der Waals surface area contributed by atoms with E-state index in [1.54, 1.807) is 12.4 Å². The van der Waals surface area contributed by atoms with Crippen LogP contribution in [0.2, 0.25) is 0 Å². The van der Waals surface area contributed by atoms with Gasteiger partial charge in [-0.3, -0.25) is 9.78 Å². The third kappa shape index (κ3) is 4.64. The summed E-state index contributed by atoms with van der Waals surface area (Å²) in [7, 11) is 0. The first-order chi connectivity index (χ1) is 11.0. The molecule has 5 nitrogen and oxygen atoms in total. The van der Waals surface area contributed by atoms with Gasteiger partial charge in [0.1, 0.15) is 0 Å². The smallest absolute Gasteiger partial charge is 0.259 e. The van der Waals surface area contributed by atoms with Crippen LogP contribution in [0.1, 0.15) is 29.2 Å². The summed E-state index contributed by atoms with van der Waals surface area (Å²) in [5, 5.41) is 7.28. The summed E-state index contributed by atoms with van der Waals surface area (Å²) in [6.45, 7) is 8.13. The van der Waals surface area contributed by atoms with Crippen LogP contribution < -0.4 is 10.7 Å². The predicted octanol–water partition coefficient (Wildman–Crippen LogP) is 2.96. The minimum atomic E-state index is -0.187. The van der Waals surface area contributed by atoms with E-state index in [2.05, 4.69) is 39.9 Å². The Morgan fingerprint density at radius 2 is 1.91 bits per heavy atom. The summed E-state index contributed by atoms with van der Waals surface area (Å²) in [6.07, 6.45) is 3.41. The molecule has 0 aliphatic carbocycles. The Morgan fingerprint density at radius 1 is 1.22 bits per heavy atom. The van der Waals surface area contributed by atoms with Crippen LogP contribution in [-0.4, -0.2) is 23.1 Å². The van der Waals surface area contributed by atoms with Gasteiger partial charge in [0.05, 0.1) is 12.3 Å². The maximum Gasteiger partial charge on any atom is 0.259 e. The topological polar surface area (TPSA) is 66.4 Å². The van der Waals surface area contributed by atoms with Crippen LogP contribution in [-0.2, 0) is 4.79 Å². The first kappa shape index (κ1) is 16.7. The third-order valence-corrected chi connectivity index (χ3v) is 3.53. The zero-order chi connectivity index (χ0) is 16.8. The van der Waals surface area contributed by atoms with E-state index in [-0.39, 0.29) is 12.5 Å². The number of pyridine rings is 1. The summed E-state index contributed by atoms with van der Waals surface area (Å²) >= 11 is 0. The third-order valence-electron chi connectivity index (χ3n) is 3.53. The highest BCUT2D eigenvalue weighted by Gasteiger charge is 2.06. The molecule has 1 aromatic heterocycles. The molecule has 0 aliphatic rings. The first-order valence-electron chi connectivity index (χ1n) is 7.52. The summed E-state index contributed by atoms with van der Waals surface area (Å²) in [5.41, 5.74) is 8.63. The number of aromatic nitrogens is 1. The van der Waals surface area contributed by atoms with Gasteiger partial charge in [-0.15, -0.1) is 0 Å². The number of nitrogens with one attached hydrogen (secondary N) is 2. The van der Waals surface area contributed by atoms with Gasteiger partial charge in [-0.05, 0) is 44.9 Å². The predicted molar refractivity (Wildman–Crippen MR) is 93.7 cm³/mol. The lowest BCUT2D eigenvalue weighted by Gasteiger charge is -2.13. The lowest BCUT2D eigenvalue weighted by molar-refractivity contribution is -0.119. The first-order valence-corrected chi connectivity index (χ1v) is 7.52. The van der Waals surface area contributed by atoms with E-state index in [1.165, 1.54) is 5.56 Å². The summed E-state index contributed by atoms with van der Waals surface area (Å²) in [5.74, 6) is -0.187. The highest BCUT2D eigenvalue weighted by Crippen LogP contribution is 2.21. The average molecular weight is 310 g/mol. The molecule has 0 fully saturated rings. The Labute approximate surface area is 136 Å². The largest absolute Gasteiger partial charge is 0.376 e. The van der Waals surface area contributed by atoms with Gasteiger partial charge in [0, 0.05) is 23.6 Å². The van der Waals surface area contributed by atoms with Crippen molar-refractivity contribution in [1.82, 2.24) is 10.4 Å². The molecule has 2 N–H and O–H groups in total. The van der Waals surface area contributed by atoms with E-state index < -0.39 is 0 Å². The Bertz CT molecular complexity index is 700. The van der Waals surface area contributed by atoms with Gasteiger partial charge in [0.25, 0.3) is 5.91 Å². The van der Waals surface area contributed by atoms with Crippen molar-refractivity contribution >= 4 is 17.3 Å². The Morgan fingerprint density at radius 3 is 2.52 bits per heavy atom. The molecule has 0 bridgehead atoms. The van der Waals surface area contributed by atoms with Crippen LogP contribution in [0.4, 0.5) is 5.69 Å². The zero-order valence-corrected chi connectivity index (χ0v) is 14.0. The van der Waals surface area contributed by atoms with Gasteiger partial charge in [-0.2, -0.15) is 5.10 Å². The Kier molecular flexibility index (Phi) is 5.46. The van der Waals surface area contributed by atoms with Crippen molar-refractivity contribution < 1.29 is 4.79 Å². The normalized spacial score (nSPS) is 11.2. The molecule has 5 heteroatoms. The van der Waals surface area contributed by atoms with Gasteiger partial charge >= 0.3 is 0 Å². The number of nitrogens with zero attached hydrogens (tertiary/aromatic N) is 2. The molecule has 0 aliphatic heterocycles. The second kappa shape index (κ2) is 7.54. The molecule has 2 rings (SSSR count). The molecule has 1 amide bonds. The highest BCUT2D eigenvalue weighted by molar-refractivity contribution is 5.99. The number of hydrogen-bond donors (Lipinski definition) is 2. The van der Waals surface area contributed by atoms with Crippen LogP contribution in [0.5, 0.6) is 0 Å². The van der Waals surface area contributed by atoms with Crippen molar-refractivity contribution in [2.24, 2.45) is 5.10 Å². The van der Waals surface area contributed by atoms with Crippen LogP contribution in [0.3, 0.4) is 0 Å². The molecule has 0 saturated heterocycles.